The van der Waals surface area contributed by atoms with Crippen LogP contribution in [0, 0.1) is 6.92 Å². The van der Waals surface area contributed by atoms with Gasteiger partial charge in [-0.1, -0.05) is 5.04 Å². The first-order valence-corrected chi connectivity index (χ1v) is 7.03. The summed E-state index contributed by atoms with van der Waals surface area (Å²) in [6, 6.07) is 9.94. The van der Waals surface area contributed by atoms with Crippen LogP contribution in [0.15, 0.2) is 46.1 Å². The van der Waals surface area contributed by atoms with Gasteiger partial charge in [-0.15, -0.1) is 4.33 Å². The fraction of sp³-hybridized carbons (Fsp3) is 0.0714. The quantitative estimate of drug-likeness (QED) is 0.388. The van der Waals surface area contributed by atoms with Crippen molar-refractivity contribution >= 4 is 22.8 Å². The molecule has 1 aromatic heterocycles. The molecular formula is C14H12N2O5S. The number of aromatic amines is 1. The molecule has 0 unspecified atom stereocenters. The number of benzene rings is 2. The summed E-state index contributed by atoms with van der Waals surface area (Å²) in [6.45, 7) is 1.80. The molecule has 0 atom stereocenters. The highest BCUT2D eigenvalue weighted by Crippen LogP contribution is 2.32. The topological polar surface area (TPSA) is 96.7 Å². The van der Waals surface area contributed by atoms with Gasteiger partial charge in [-0.3, -0.25) is 9.89 Å². The first-order chi connectivity index (χ1) is 10.6. The van der Waals surface area contributed by atoms with Crippen LogP contribution in [0.2, 0.25) is 0 Å². The summed E-state index contributed by atoms with van der Waals surface area (Å²) in [4.78, 5) is 12.4. The summed E-state index contributed by atoms with van der Waals surface area (Å²) < 4.78 is 5.78. The molecule has 0 aliphatic rings. The van der Waals surface area contributed by atoms with Crippen LogP contribution in [0.5, 0.6) is 5.75 Å². The molecule has 1 heterocycles. The molecule has 3 aromatic rings. The normalized spacial score (nSPS) is 11.2. The summed E-state index contributed by atoms with van der Waals surface area (Å²) >= 11 is 0.750. The third-order valence-corrected chi connectivity index (χ3v) is 3.71. The van der Waals surface area contributed by atoms with Gasteiger partial charge in [-0.2, -0.15) is 0 Å². The Hall–Kier alpha value is -2.26. The SMILES string of the molecule is Cc1cc(=O)n(-c2ccc3c(O)cc(SOOO)cc3c2)[nH]1. The second-order valence-corrected chi connectivity index (χ2v) is 5.46. The van der Waals surface area contributed by atoms with E-state index in [9.17, 15) is 9.90 Å². The fourth-order valence-corrected chi connectivity index (χ4v) is 2.70. The third-order valence-electron chi connectivity index (χ3n) is 3.16. The molecule has 8 heteroatoms. The van der Waals surface area contributed by atoms with Gasteiger partial charge in [-0.25, -0.2) is 9.94 Å². The Morgan fingerprint density at radius 3 is 2.73 bits per heavy atom. The van der Waals surface area contributed by atoms with E-state index in [-0.39, 0.29) is 11.3 Å². The van der Waals surface area contributed by atoms with Crippen LogP contribution in [-0.4, -0.2) is 20.1 Å². The Balaban J connectivity index is 2.11. The van der Waals surface area contributed by atoms with E-state index in [0.29, 0.717) is 21.4 Å². The van der Waals surface area contributed by atoms with Crippen LogP contribution in [0.4, 0.5) is 0 Å². The van der Waals surface area contributed by atoms with E-state index in [0.717, 1.165) is 17.7 Å². The molecule has 0 saturated heterocycles. The smallest absolute Gasteiger partial charge is 0.271 e. The van der Waals surface area contributed by atoms with E-state index in [1.165, 1.54) is 16.8 Å². The maximum atomic E-state index is 11.9. The van der Waals surface area contributed by atoms with Crippen molar-refractivity contribution < 1.29 is 19.7 Å². The van der Waals surface area contributed by atoms with Crippen LogP contribution in [0.25, 0.3) is 16.5 Å². The van der Waals surface area contributed by atoms with Crippen molar-refractivity contribution in [2.75, 3.05) is 0 Å². The highest BCUT2D eigenvalue weighted by atomic mass is 32.2. The van der Waals surface area contributed by atoms with Crippen LogP contribution in [0.1, 0.15) is 5.69 Å². The lowest BCUT2D eigenvalue weighted by molar-refractivity contribution is -0.432. The maximum absolute atomic E-state index is 11.9. The predicted octanol–water partition coefficient (Wildman–Crippen LogP) is 2.76. The molecule has 22 heavy (non-hydrogen) atoms. The lowest BCUT2D eigenvalue weighted by atomic mass is 10.1. The van der Waals surface area contributed by atoms with Gasteiger partial charge >= 0.3 is 0 Å². The second kappa shape index (κ2) is 5.85. The Kier molecular flexibility index (Phi) is 3.90. The molecule has 3 rings (SSSR count). The van der Waals surface area contributed by atoms with Crippen molar-refractivity contribution in [3.8, 4) is 11.4 Å². The number of nitrogens with zero attached hydrogens (tertiary/aromatic N) is 1. The van der Waals surface area contributed by atoms with E-state index in [1.54, 1.807) is 31.2 Å². The standard InChI is InChI=1S/C14H12N2O5S/c1-8-4-14(18)16(15-8)10-2-3-12-9(5-10)6-11(7-13(12)17)22-21-20-19/h2-7,15,17,19H,1H3. The van der Waals surface area contributed by atoms with Crippen molar-refractivity contribution in [3.63, 3.8) is 0 Å². The molecule has 0 aliphatic carbocycles. The number of rotatable bonds is 4. The van der Waals surface area contributed by atoms with Crippen LogP contribution < -0.4 is 5.56 Å². The maximum Gasteiger partial charge on any atom is 0.271 e. The van der Waals surface area contributed by atoms with E-state index < -0.39 is 0 Å². The minimum Gasteiger partial charge on any atom is -0.507 e. The first kappa shape index (κ1) is 14.7. The van der Waals surface area contributed by atoms with Crippen molar-refractivity contribution in [1.82, 2.24) is 9.78 Å². The van der Waals surface area contributed by atoms with Gasteiger partial charge in [0.05, 0.1) is 17.7 Å². The molecule has 0 saturated carbocycles. The highest BCUT2D eigenvalue weighted by Gasteiger charge is 2.08. The van der Waals surface area contributed by atoms with Gasteiger partial charge in [-0.05, 0) is 42.6 Å². The Morgan fingerprint density at radius 1 is 1.23 bits per heavy atom. The van der Waals surface area contributed by atoms with Crippen LogP contribution >= 0.6 is 12.0 Å². The zero-order valence-electron chi connectivity index (χ0n) is 11.4. The zero-order valence-corrected chi connectivity index (χ0v) is 12.3. The second-order valence-electron chi connectivity index (χ2n) is 4.69. The average molecular weight is 320 g/mol. The summed E-state index contributed by atoms with van der Waals surface area (Å²) in [6.07, 6.45) is 0. The summed E-state index contributed by atoms with van der Waals surface area (Å²) in [5, 5.41) is 26.0. The van der Waals surface area contributed by atoms with E-state index in [4.69, 9.17) is 5.26 Å². The van der Waals surface area contributed by atoms with Crippen molar-refractivity contribution in [3.05, 3.63) is 52.4 Å². The molecule has 0 bridgehead atoms. The van der Waals surface area contributed by atoms with E-state index in [1.807, 2.05) is 0 Å². The van der Waals surface area contributed by atoms with Crippen LogP contribution in [-0.2, 0) is 9.37 Å². The Morgan fingerprint density at radius 2 is 2.05 bits per heavy atom. The largest absolute Gasteiger partial charge is 0.507 e. The number of nitrogens with one attached hydrogen (secondary N) is 1. The van der Waals surface area contributed by atoms with Crippen molar-refractivity contribution in [1.29, 1.82) is 0 Å². The van der Waals surface area contributed by atoms with Crippen LogP contribution in [0.3, 0.4) is 0 Å². The molecule has 0 spiro atoms. The highest BCUT2D eigenvalue weighted by molar-refractivity contribution is 7.94. The predicted molar refractivity (Wildman–Crippen MR) is 81.0 cm³/mol. The first-order valence-electron chi connectivity index (χ1n) is 6.29. The summed E-state index contributed by atoms with van der Waals surface area (Å²) in [5.74, 6) is 0.0584. The number of aromatic hydroxyl groups is 1. The molecule has 0 fully saturated rings. The lowest BCUT2D eigenvalue weighted by Crippen LogP contribution is -2.13. The number of aromatic nitrogens is 2. The number of fused-ring (bicyclic) bond motifs is 1. The number of phenolic OH excluding ortho intramolecular Hbond substituents is 1. The number of aryl methyl sites for hydroxylation is 1. The minimum atomic E-state index is -0.163. The van der Waals surface area contributed by atoms with Gasteiger partial charge in [0.25, 0.3) is 5.56 Å². The monoisotopic (exact) mass is 320 g/mol. The Labute approximate surface area is 128 Å². The third kappa shape index (κ3) is 2.72. The lowest BCUT2D eigenvalue weighted by Gasteiger charge is -2.07. The van der Waals surface area contributed by atoms with Gasteiger partial charge in [0.2, 0.25) is 0 Å². The fourth-order valence-electron chi connectivity index (χ4n) is 2.26. The summed E-state index contributed by atoms with van der Waals surface area (Å²) in [5.41, 5.74) is 1.24. The molecule has 114 valence electrons. The van der Waals surface area contributed by atoms with Crippen molar-refractivity contribution in [2.45, 2.75) is 11.8 Å². The van der Waals surface area contributed by atoms with Gasteiger partial charge in [0, 0.05) is 22.0 Å². The molecule has 3 N–H and O–H groups in total. The van der Waals surface area contributed by atoms with Gasteiger partial charge in [0.15, 0.2) is 0 Å². The zero-order chi connectivity index (χ0) is 15.7. The number of H-pyrrole nitrogens is 1. The molecule has 0 radical (unpaired) electrons. The van der Waals surface area contributed by atoms with Gasteiger partial charge in [0.1, 0.15) is 5.75 Å². The van der Waals surface area contributed by atoms with E-state index in [2.05, 4.69) is 14.5 Å². The molecule has 2 aromatic carbocycles. The van der Waals surface area contributed by atoms with Crippen molar-refractivity contribution in [2.24, 2.45) is 0 Å². The number of hydrogen-bond acceptors (Lipinski definition) is 6. The van der Waals surface area contributed by atoms with E-state index >= 15 is 0 Å². The van der Waals surface area contributed by atoms with Gasteiger partial charge < -0.3 is 5.11 Å². The Bertz CT molecular complexity index is 887. The number of phenols is 1. The summed E-state index contributed by atoms with van der Waals surface area (Å²) in [7, 11) is 0. The molecular weight excluding hydrogens is 308 g/mol. The minimum absolute atomic E-state index is 0.0584. The average Bonchev–Trinajstić information content (AvgIpc) is 2.83. The number of hydrogen-bond donors (Lipinski definition) is 3. The molecule has 0 amide bonds. The molecule has 7 nitrogen and oxygen atoms in total. The molecule has 0 aliphatic heterocycles.